The maximum atomic E-state index is 12.2. The first-order valence-electron chi connectivity index (χ1n) is 2.30. The molecule has 10 heavy (non-hydrogen) atoms. The molecule has 1 aromatic rings. The van der Waals surface area contributed by atoms with Gasteiger partial charge in [0.1, 0.15) is 11.6 Å². The molecule has 0 nitrogen and oxygen atoms in total. The summed E-state index contributed by atoms with van der Waals surface area (Å²) in [6, 6.07) is 3.38. The van der Waals surface area contributed by atoms with E-state index in [-0.39, 0.29) is 9.90 Å². The van der Waals surface area contributed by atoms with Gasteiger partial charge in [0.05, 0.1) is 0 Å². The van der Waals surface area contributed by atoms with E-state index in [0.717, 1.165) is 6.07 Å². The van der Waals surface area contributed by atoms with Gasteiger partial charge in [0.2, 0.25) is 0 Å². The van der Waals surface area contributed by atoms with E-state index in [1.54, 1.807) is 0 Å². The average molecular weight is 274 g/mol. The van der Waals surface area contributed by atoms with E-state index in [2.05, 4.69) is 0 Å². The maximum absolute atomic E-state index is 12.2. The Labute approximate surface area is 74.8 Å². The monoisotopic (exact) mass is 274 g/mol. The summed E-state index contributed by atoms with van der Waals surface area (Å²) in [4.78, 5) is 0. The highest BCUT2D eigenvalue weighted by molar-refractivity contribution is 14.1. The topological polar surface area (TPSA) is 0 Å². The van der Waals surface area contributed by atoms with Crippen molar-refractivity contribution >= 4 is 32.5 Å². The Morgan fingerprint density at radius 3 is 1.70 bits per heavy atom. The first kappa shape index (κ1) is 10.2. The minimum absolute atomic E-state index is 0. The summed E-state index contributed by atoms with van der Waals surface area (Å²) >= 11 is 1.85. The van der Waals surface area contributed by atoms with Crippen molar-refractivity contribution in [3.63, 3.8) is 0 Å². The van der Waals surface area contributed by atoms with Crippen LogP contribution in [0.2, 0.25) is 0 Å². The van der Waals surface area contributed by atoms with Crippen LogP contribution in [-0.2, 0) is 0 Å². The van der Waals surface area contributed by atoms with Crippen LogP contribution >= 0.6 is 32.5 Å². The highest BCUT2D eigenvalue weighted by atomic mass is 127. The SMILES string of the molecule is Fc1cc(F)cc(I)c1.P. The molecule has 0 bridgehead atoms. The molecule has 0 fully saturated rings. The van der Waals surface area contributed by atoms with Gasteiger partial charge < -0.3 is 0 Å². The Balaban J connectivity index is 0.000000810. The van der Waals surface area contributed by atoms with Gasteiger partial charge in [0.15, 0.2) is 0 Å². The van der Waals surface area contributed by atoms with Gasteiger partial charge >= 0.3 is 0 Å². The largest absolute Gasteiger partial charge is 0.207 e. The van der Waals surface area contributed by atoms with Gasteiger partial charge in [-0.2, -0.15) is 9.90 Å². The van der Waals surface area contributed by atoms with Crippen molar-refractivity contribution in [1.82, 2.24) is 0 Å². The molecule has 0 aliphatic carbocycles. The van der Waals surface area contributed by atoms with Crippen LogP contribution in [0.15, 0.2) is 18.2 Å². The normalized spacial score (nSPS) is 8.70. The highest BCUT2D eigenvalue weighted by Crippen LogP contribution is 2.09. The molecule has 0 aliphatic heterocycles. The van der Waals surface area contributed by atoms with Crippen molar-refractivity contribution in [3.05, 3.63) is 33.4 Å². The molecule has 0 saturated heterocycles. The van der Waals surface area contributed by atoms with Gasteiger partial charge in [-0.25, -0.2) is 8.78 Å². The average Bonchev–Trinajstić information content (AvgIpc) is 1.59. The lowest BCUT2D eigenvalue weighted by Gasteiger charge is -1.89. The van der Waals surface area contributed by atoms with Crippen molar-refractivity contribution in [2.45, 2.75) is 0 Å². The Morgan fingerprint density at radius 2 is 1.40 bits per heavy atom. The number of benzene rings is 1. The second kappa shape index (κ2) is 4.19. The molecule has 1 unspecified atom stereocenters. The van der Waals surface area contributed by atoms with Crippen LogP contribution in [-0.4, -0.2) is 0 Å². The van der Waals surface area contributed by atoms with E-state index < -0.39 is 11.6 Å². The smallest absolute Gasteiger partial charge is 0.127 e. The van der Waals surface area contributed by atoms with Gasteiger partial charge in [-0.15, -0.1) is 0 Å². The molecule has 0 spiro atoms. The molecule has 1 rings (SSSR count). The maximum Gasteiger partial charge on any atom is 0.127 e. The summed E-state index contributed by atoms with van der Waals surface area (Å²) in [5, 5.41) is 0. The zero-order valence-electron chi connectivity index (χ0n) is 5.07. The fraction of sp³-hybridized carbons (Fsp3) is 0. The molecule has 0 saturated carbocycles. The van der Waals surface area contributed by atoms with Crippen molar-refractivity contribution in [2.24, 2.45) is 0 Å². The summed E-state index contributed by atoms with van der Waals surface area (Å²) < 4.78 is 24.9. The molecule has 0 aliphatic rings. The summed E-state index contributed by atoms with van der Waals surface area (Å²) in [6.45, 7) is 0. The third kappa shape index (κ3) is 2.88. The lowest BCUT2D eigenvalue weighted by atomic mass is 10.3. The second-order valence-electron chi connectivity index (χ2n) is 1.59. The number of hydrogen-bond acceptors (Lipinski definition) is 0. The Morgan fingerprint density at radius 1 is 1.00 bits per heavy atom. The predicted octanol–water partition coefficient (Wildman–Crippen LogP) is 2.63. The highest BCUT2D eigenvalue weighted by Gasteiger charge is 1.95. The quantitative estimate of drug-likeness (QED) is 0.504. The van der Waals surface area contributed by atoms with E-state index in [1.807, 2.05) is 22.6 Å². The van der Waals surface area contributed by atoms with Crippen LogP contribution in [0.5, 0.6) is 0 Å². The van der Waals surface area contributed by atoms with Crippen molar-refractivity contribution in [3.8, 4) is 0 Å². The molecular weight excluding hydrogens is 268 g/mol. The Kier molecular flexibility index (Phi) is 4.29. The lowest BCUT2D eigenvalue weighted by Crippen LogP contribution is -1.79. The van der Waals surface area contributed by atoms with E-state index in [0.29, 0.717) is 3.57 Å². The minimum Gasteiger partial charge on any atom is -0.207 e. The van der Waals surface area contributed by atoms with Crippen molar-refractivity contribution < 1.29 is 8.78 Å². The van der Waals surface area contributed by atoms with Crippen LogP contribution in [0.4, 0.5) is 8.78 Å². The summed E-state index contributed by atoms with van der Waals surface area (Å²) in [6.07, 6.45) is 0. The summed E-state index contributed by atoms with van der Waals surface area (Å²) in [5.41, 5.74) is 0. The molecule has 0 aromatic heterocycles. The van der Waals surface area contributed by atoms with Crippen molar-refractivity contribution in [2.75, 3.05) is 0 Å². The molecule has 0 N–H and O–H groups in total. The van der Waals surface area contributed by atoms with Gasteiger partial charge in [-0.1, -0.05) is 0 Å². The van der Waals surface area contributed by atoms with Crippen LogP contribution in [0.25, 0.3) is 0 Å². The van der Waals surface area contributed by atoms with Crippen molar-refractivity contribution in [1.29, 1.82) is 0 Å². The van der Waals surface area contributed by atoms with Gasteiger partial charge in [-0.05, 0) is 34.7 Å². The van der Waals surface area contributed by atoms with Crippen LogP contribution < -0.4 is 0 Å². The molecule has 0 radical (unpaired) electrons. The van der Waals surface area contributed by atoms with Gasteiger partial charge in [-0.3, -0.25) is 0 Å². The third-order valence-electron chi connectivity index (χ3n) is 0.827. The first-order valence-corrected chi connectivity index (χ1v) is 3.38. The Bertz CT molecular complexity index is 177. The fourth-order valence-corrected chi connectivity index (χ4v) is 1.12. The predicted molar refractivity (Wildman–Crippen MR) is 50.2 cm³/mol. The number of halogens is 3. The Hall–Kier alpha value is 0.240. The van der Waals surface area contributed by atoms with E-state index in [4.69, 9.17) is 0 Å². The zero-order valence-corrected chi connectivity index (χ0v) is 8.64. The molecule has 56 valence electrons. The van der Waals surface area contributed by atoms with Crippen LogP contribution in [0.3, 0.4) is 0 Å². The first-order chi connectivity index (χ1) is 4.18. The molecule has 0 amide bonds. The molecule has 4 heteroatoms. The molecular formula is C6H6F2IP. The second-order valence-corrected chi connectivity index (χ2v) is 2.83. The molecule has 0 heterocycles. The minimum atomic E-state index is -0.528. The van der Waals surface area contributed by atoms with E-state index >= 15 is 0 Å². The summed E-state index contributed by atoms with van der Waals surface area (Å²) in [7, 11) is 0. The fourth-order valence-electron chi connectivity index (χ4n) is 0.520. The number of hydrogen-bond donors (Lipinski definition) is 0. The lowest BCUT2D eigenvalue weighted by molar-refractivity contribution is 0.581. The van der Waals surface area contributed by atoms with Crippen LogP contribution in [0, 0.1) is 15.2 Å². The van der Waals surface area contributed by atoms with E-state index in [1.165, 1.54) is 12.1 Å². The number of rotatable bonds is 0. The standard InChI is InChI=1S/C6H3F2I.H3P/c7-4-1-5(8)3-6(9)2-4;/h1-3H;1H3. The zero-order chi connectivity index (χ0) is 6.85. The van der Waals surface area contributed by atoms with Crippen LogP contribution in [0.1, 0.15) is 0 Å². The van der Waals surface area contributed by atoms with Gasteiger partial charge in [0, 0.05) is 9.64 Å². The molecule has 1 atom stereocenters. The summed E-state index contributed by atoms with van der Waals surface area (Å²) in [5.74, 6) is -1.06. The third-order valence-corrected chi connectivity index (χ3v) is 1.45. The molecule has 1 aromatic carbocycles. The van der Waals surface area contributed by atoms with Gasteiger partial charge in [0.25, 0.3) is 0 Å². The van der Waals surface area contributed by atoms with E-state index in [9.17, 15) is 8.78 Å².